The molecular weight excluding hydrogens is 288 g/mol. The zero-order chi connectivity index (χ0) is 16.4. The van der Waals surface area contributed by atoms with Gasteiger partial charge >= 0.3 is 0 Å². The fraction of sp³-hybridized carbons (Fsp3) is 0.278. The van der Waals surface area contributed by atoms with Crippen molar-refractivity contribution in [2.45, 2.75) is 27.3 Å². The Morgan fingerprint density at radius 3 is 2.52 bits per heavy atom. The number of fused-ring (bicyclic) bond motifs is 1. The van der Waals surface area contributed by atoms with E-state index in [1.807, 2.05) is 56.3 Å². The number of para-hydroxylation sites is 1. The SMILES string of the molecule is CCN(C(=O)Cn1nnc2cc(C)c(C)cc21)c1ccccc1. The first-order valence-corrected chi connectivity index (χ1v) is 7.76. The van der Waals surface area contributed by atoms with Crippen LogP contribution in [0.3, 0.4) is 0 Å². The zero-order valence-electron chi connectivity index (χ0n) is 13.7. The highest BCUT2D eigenvalue weighted by Crippen LogP contribution is 2.18. The second kappa shape index (κ2) is 6.20. The van der Waals surface area contributed by atoms with Gasteiger partial charge in [0, 0.05) is 12.2 Å². The predicted octanol–water partition coefficient (Wildman–Crippen LogP) is 3.10. The van der Waals surface area contributed by atoms with Gasteiger partial charge in [-0.15, -0.1) is 5.10 Å². The van der Waals surface area contributed by atoms with Crippen LogP contribution in [0, 0.1) is 13.8 Å². The summed E-state index contributed by atoms with van der Waals surface area (Å²) in [7, 11) is 0. The largest absolute Gasteiger partial charge is 0.311 e. The zero-order valence-corrected chi connectivity index (χ0v) is 13.7. The monoisotopic (exact) mass is 308 g/mol. The van der Waals surface area contributed by atoms with E-state index in [1.165, 1.54) is 11.1 Å². The van der Waals surface area contributed by atoms with Crippen LogP contribution in [0.5, 0.6) is 0 Å². The van der Waals surface area contributed by atoms with E-state index in [-0.39, 0.29) is 12.5 Å². The maximum absolute atomic E-state index is 12.7. The summed E-state index contributed by atoms with van der Waals surface area (Å²) >= 11 is 0. The van der Waals surface area contributed by atoms with Gasteiger partial charge in [0.15, 0.2) is 0 Å². The number of likely N-dealkylation sites (N-methyl/N-ethyl adjacent to an activating group) is 1. The van der Waals surface area contributed by atoms with Gasteiger partial charge in [0.25, 0.3) is 0 Å². The molecule has 0 atom stereocenters. The number of hydrogen-bond acceptors (Lipinski definition) is 3. The minimum Gasteiger partial charge on any atom is -0.311 e. The molecule has 0 saturated heterocycles. The van der Waals surface area contributed by atoms with Gasteiger partial charge in [-0.25, -0.2) is 4.68 Å². The first-order valence-electron chi connectivity index (χ1n) is 7.76. The van der Waals surface area contributed by atoms with E-state index in [4.69, 9.17) is 0 Å². The Bertz CT molecular complexity index is 839. The average molecular weight is 308 g/mol. The van der Waals surface area contributed by atoms with E-state index < -0.39 is 0 Å². The number of hydrogen-bond donors (Lipinski definition) is 0. The smallest absolute Gasteiger partial charge is 0.248 e. The summed E-state index contributed by atoms with van der Waals surface area (Å²) in [5.74, 6) is 0.00345. The van der Waals surface area contributed by atoms with E-state index in [1.54, 1.807) is 9.58 Å². The molecule has 0 N–H and O–H groups in total. The Morgan fingerprint density at radius 1 is 1.13 bits per heavy atom. The van der Waals surface area contributed by atoms with Gasteiger partial charge in [-0.2, -0.15) is 0 Å². The molecular formula is C18H20N4O. The topological polar surface area (TPSA) is 51.0 Å². The molecule has 23 heavy (non-hydrogen) atoms. The molecule has 3 aromatic rings. The number of aromatic nitrogens is 3. The van der Waals surface area contributed by atoms with E-state index in [0.717, 1.165) is 16.7 Å². The number of anilines is 1. The van der Waals surface area contributed by atoms with Crippen LogP contribution in [0.15, 0.2) is 42.5 Å². The van der Waals surface area contributed by atoms with Gasteiger partial charge < -0.3 is 4.90 Å². The van der Waals surface area contributed by atoms with E-state index >= 15 is 0 Å². The van der Waals surface area contributed by atoms with Gasteiger partial charge in [0.2, 0.25) is 5.91 Å². The van der Waals surface area contributed by atoms with Crippen LogP contribution in [-0.4, -0.2) is 27.4 Å². The normalized spacial score (nSPS) is 10.9. The second-order valence-electron chi connectivity index (χ2n) is 5.65. The molecule has 1 heterocycles. The molecule has 0 radical (unpaired) electrons. The number of amides is 1. The summed E-state index contributed by atoms with van der Waals surface area (Å²) in [5.41, 5.74) is 4.96. The molecule has 118 valence electrons. The number of carbonyl (C=O) groups is 1. The van der Waals surface area contributed by atoms with Crippen LogP contribution < -0.4 is 4.90 Å². The summed E-state index contributed by atoms with van der Waals surface area (Å²) in [6.45, 7) is 6.87. The molecule has 0 saturated carbocycles. The minimum atomic E-state index is 0.00345. The molecule has 5 heteroatoms. The molecule has 0 unspecified atom stereocenters. The van der Waals surface area contributed by atoms with E-state index in [2.05, 4.69) is 17.2 Å². The second-order valence-corrected chi connectivity index (χ2v) is 5.65. The lowest BCUT2D eigenvalue weighted by molar-refractivity contribution is -0.119. The van der Waals surface area contributed by atoms with Crippen LogP contribution in [0.1, 0.15) is 18.1 Å². The van der Waals surface area contributed by atoms with Crippen molar-refractivity contribution in [1.29, 1.82) is 0 Å². The van der Waals surface area contributed by atoms with Crippen LogP contribution in [-0.2, 0) is 11.3 Å². The fourth-order valence-electron chi connectivity index (χ4n) is 2.66. The Balaban J connectivity index is 1.89. The number of carbonyl (C=O) groups excluding carboxylic acids is 1. The summed E-state index contributed by atoms with van der Waals surface area (Å²) in [6.07, 6.45) is 0. The highest BCUT2D eigenvalue weighted by Gasteiger charge is 2.16. The van der Waals surface area contributed by atoms with Gasteiger partial charge in [-0.3, -0.25) is 4.79 Å². The first-order chi connectivity index (χ1) is 11.1. The third-order valence-electron chi connectivity index (χ3n) is 4.10. The average Bonchev–Trinajstić information content (AvgIpc) is 2.91. The van der Waals surface area contributed by atoms with E-state index in [0.29, 0.717) is 6.54 Å². The molecule has 0 spiro atoms. The molecule has 0 bridgehead atoms. The molecule has 0 aliphatic rings. The Labute approximate surface area is 135 Å². The van der Waals surface area contributed by atoms with Gasteiger partial charge in [0.1, 0.15) is 12.1 Å². The molecule has 5 nitrogen and oxygen atoms in total. The lowest BCUT2D eigenvalue weighted by Gasteiger charge is -2.21. The van der Waals surface area contributed by atoms with Crippen molar-refractivity contribution in [1.82, 2.24) is 15.0 Å². The van der Waals surface area contributed by atoms with Crippen molar-refractivity contribution < 1.29 is 4.79 Å². The van der Waals surface area contributed by atoms with Crippen molar-refractivity contribution in [2.75, 3.05) is 11.4 Å². The molecule has 2 aromatic carbocycles. The van der Waals surface area contributed by atoms with Crippen molar-refractivity contribution in [3.05, 3.63) is 53.6 Å². The van der Waals surface area contributed by atoms with Crippen LogP contribution in [0.25, 0.3) is 11.0 Å². The lowest BCUT2D eigenvalue weighted by atomic mass is 10.1. The van der Waals surface area contributed by atoms with Gasteiger partial charge in [-0.1, -0.05) is 23.4 Å². The molecule has 3 rings (SSSR count). The maximum atomic E-state index is 12.7. The first kappa shape index (κ1) is 15.2. The van der Waals surface area contributed by atoms with Crippen LogP contribution in [0.4, 0.5) is 5.69 Å². The predicted molar refractivity (Wildman–Crippen MR) is 91.5 cm³/mol. The van der Waals surface area contributed by atoms with Gasteiger partial charge in [0.05, 0.1) is 5.52 Å². The van der Waals surface area contributed by atoms with Crippen LogP contribution in [0.2, 0.25) is 0 Å². The highest BCUT2D eigenvalue weighted by molar-refractivity contribution is 5.93. The number of rotatable bonds is 4. The van der Waals surface area contributed by atoms with Crippen molar-refractivity contribution in [3.8, 4) is 0 Å². The highest BCUT2D eigenvalue weighted by atomic mass is 16.2. The van der Waals surface area contributed by atoms with Crippen molar-refractivity contribution in [3.63, 3.8) is 0 Å². The van der Waals surface area contributed by atoms with Crippen LogP contribution >= 0.6 is 0 Å². The third kappa shape index (κ3) is 2.95. The standard InChI is InChI=1S/C18H20N4O/c1-4-21(15-8-6-5-7-9-15)18(23)12-22-17-11-14(3)13(2)10-16(17)19-20-22/h5-11H,4,12H2,1-3H3. The number of aryl methyl sites for hydroxylation is 2. The van der Waals surface area contributed by atoms with E-state index in [9.17, 15) is 4.79 Å². The van der Waals surface area contributed by atoms with Gasteiger partial charge in [-0.05, 0) is 56.2 Å². The minimum absolute atomic E-state index is 0.00345. The van der Waals surface area contributed by atoms with Crippen molar-refractivity contribution >= 4 is 22.6 Å². The quantitative estimate of drug-likeness (QED) is 0.744. The maximum Gasteiger partial charge on any atom is 0.248 e. The Hall–Kier alpha value is -2.69. The molecule has 0 aliphatic carbocycles. The Kier molecular flexibility index (Phi) is 4.10. The summed E-state index contributed by atoms with van der Waals surface area (Å²) in [6, 6.07) is 13.7. The molecule has 1 amide bonds. The third-order valence-corrected chi connectivity index (χ3v) is 4.10. The number of nitrogens with zero attached hydrogens (tertiary/aromatic N) is 4. The van der Waals surface area contributed by atoms with Crippen molar-refractivity contribution in [2.24, 2.45) is 0 Å². The molecule has 0 fully saturated rings. The fourth-order valence-corrected chi connectivity index (χ4v) is 2.66. The molecule has 0 aliphatic heterocycles. The summed E-state index contributed by atoms with van der Waals surface area (Å²) in [5, 5.41) is 8.32. The molecule has 1 aromatic heterocycles. The lowest BCUT2D eigenvalue weighted by Crippen LogP contribution is -2.33. The summed E-state index contributed by atoms with van der Waals surface area (Å²) < 4.78 is 1.68. The Morgan fingerprint density at radius 2 is 1.83 bits per heavy atom. The summed E-state index contributed by atoms with van der Waals surface area (Å²) in [4.78, 5) is 14.4. The number of benzene rings is 2.